The first-order chi connectivity index (χ1) is 13.2. The number of nitrogens with zero attached hydrogens (tertiary/aromatic N) is 3. The van der Waals surface area contributed by atoms with Crippen LogP contribution in [0.25, 0.3) is 0 Å². The zero-order chi connectivity index (χ0) is 18.8. The Kier molecular flexibility index (Phi) is 6.02. The minimum Gasteiger partial charge on any atom is -0.496 e. The van der Waals surface area contributed by atoms with E-state index in [9.17, 15) is 5.11 Å². The molecule has 0 radical (unpaired) electrons. The number of rotatable bonds is 6. The van der Waals surface area contributed by atoms with Crippen molar-refractivity contribution in [3.63, 3.8) is 0 Å². The fraction of sp³-hybridized carbons (Fsp3) is 0.727. The first-order valence-electron chi connectivity index (χ1n) is 10.6. The molecule has 2 aliphatic heterocycles. The van der Waals surface area contributed by atoms with Gasteiger partial charge < -0.3 is 19.6 Å². The van der Waals surface area contributed by atoms with E-state index in [4.69, 9.17) is 4.74 Å². The molecule has 150 valence electrons. The molecule has 27 heavy (non-hydrogen) atoms. The third-order valence-corrected chi connectivity index (χ3v) is 6.86. The van der Waals surface area contributed by atoms with Crippen molar-refractivity contribution >= 4 is 0 Å². The first kappa shape index (κ1) is 19.2. The number of ether oxygens (including phenoxy) is 1. The Bertz CT molecular complexity index is 643. The SMILES string of the molecule is COc1cc2c(cc1CN1C[C@@H](CN3CCN(C)CC3)[C@@H](CO)C1)CCC2. The van der Waals surface area contributed by atoms with Crippen LogP contribution in [0.2, 0.25) is 0 Å². The lowest BCUT2D eigenvalue weighted by atomic mass is 9.96. The van der Waals surface area contributed by atoms with Crippen molar-refractivity contribution in [3.8, 4) is 5.75 Å². The van der Waals surface area contributed by atoms with E-state index in [1.165, 1.54) is 36.0 Å². The monoisotopic (exact) mass is 373 g/mol. The predicted octanol–water partition coefficient (Wildman–Crippen LogP) is 1.47. The van der Waals surface area contributed by atoms with Gasteiger partial charge in [0.2, 0.25) is 0 Å². The van der Waals surface area contributed by atoms with Gasteiger partial charge in [-0.15, -0.1) is 0 Å². The standard InChI is InChI=1S/C22H35N3O2/c1-23-6-8-24(9-7-23)13-20-14-25(15-21(20)16-26)12-19-10-17-4-3-5-18(17)11-22(19)27-2/h10-11,20-21,26H,3-9,12-16H2,1-2H3/t20-,21-/m1/s1. The lowest BCUT2D eigenvalue weighted by Gasteiger charge is -2.34. The van der Waals surface area contributed by atoms with Crippen molar-refractivity contribution < 1.29 is 9.84 Å². The molecule has 5 nitrogen and oxygen atoms in total. The Morgan fingerprint density at radius 3 is 2.41 bits per heavy atom. The van der Waals surface area contributed by atoms with Crippen LogP contribution in [-0.4, -0.2) is 86.4 Å². The molecule has 1 aromatic rings. The maximum Gasteiger partial charge on any atom is 0.123 e. The van der Waals surface area contributed by atoms with Gasteiger partial charge in [-0.2, -0.15) is 0 Å². The first-order valence-corrected chi connectivity index (χ1v) is 10.6. The van der Waals surface area contributed by atoms with E-state index >= 15 is 0 Å². The van der Waals surface area contributed by atoms with E-state index in [0.29, 0.717) is 18.4 Å². The molecule has 3 aliphatic rings. The van der Waals surface area contributed by atoms with Crippen molar-refractivity contribution in [3.05, 3.63) is 28.8 Å². The summed E-state index contributed by atoms with van der Waals surface area (Å²) in [4.78, 5) is 7.52. The number of methoxy groups -OCH3 is 1. The van der Waals surface area contributed by atoms with E-state index in [1.54, 1.807) is 7.11 Å². The van der Waals surface area contributed by atoms with Crippen molar-refractivity contribution in [2.24, 2.45) is 11.8 Å². The molecule has 0 saturated carbocycles. The number of aliphatic hydroxyl groups is 1. The zero-order valence-corrected chi connectivity index (χ0v) is 17.0. The van der Waals surface area contributed by atoms with Crippen LogP contribution in [0, 0.1) is 11.8 Å². The Hall–Kier alpha value is -1.14. The summed E-state index contributed by atoms with van der Waals surface area (Å²) < 4.78 is 5.70. The van der Waals surface area contributed by atoms with Gasteiger partial charge in [0, 0.05) is 64.5 Å². The van der Waals surface area contributed by atoms with Crippen LogP contribution in [0.1, 0.15) is 23.1 Å². The second-order valence-electron chi connectivity index (χ2n) is 8.79. The second kappa shape index (κ2) is 8.48. The maximum absolute atomic E-state index is 9.94. The van der Waals surface area contributed by atoms with Crippen LogP contribution in [0.5, 0.6) is 5.75 Å². The Balaban J connectivity index is 1.40. The summed E-state index contributed by atoms with van der Waals surface area (Å²) in [5.74, 6) is 2.00. The molecular formula is C22H35N3O2. The zero-order valence-electron chi connectivity index (χ0n) is 17.0. The number of likely N-dealkylation sites (tertiary alicyclic amines) is 1. The van der Waals surface area contributed by atoms with Crippen LogP contribution in [0.15, 0.2) is 12.1 Å². The molecule has 0 aromatic heterocycles. The molecule has 0 spiro atoms. The third-order valence-electron chi connectivity index (χ3n) is 6.86. The van der Waals surface area contributed by atoms with E-state index in [1.807, 2.05) is 0 Å². The normalized spacial score (nSPS) is 27.2. The third kappa shape index (κ3) is 4.32. The number of benzene rings is 1. The van der Waals surface area contributed by atoms with Gasteiger partial charge >= 0.3 is 0 Å². The molecule has 0 unspecified atom stereocenters. The average molecular weight is 374 g/mol. The van der Waals surface area contributed by atoms with Gasteiger partial charge in [0.1, 0.15) is 5.75 Å². The van der Waals surface area contributed by atoms with Gasteiger partial charge in [0.15, 0.2) is 0 Å². The molecule has 1 N–H and O–H groups in total. The lowest BCUT2D eigenvalue weighted by molar-refractivity contribution is 0.116. The second-order valence-corrected chi connectivity index (χ2v) is 8.79. The largest absolute Gasteiger partial charge is 0.496 e. The molecule has 2 fully saturated rings. The van der Waals surface area contributed by atoms with Gasteiger partial charge in [-0.3, -0.25) is 4.90 Å². The van der Waals surface area contributed by atoms with Gasteiger partial charge in [0.05, 0.1) is 7.11 Å². The molecule has 0 bridgehead atoms. The van der Waals surface area contributed by atoms with E-state index in [0.717, 1.165) is 58.1 Å². The number of aryl methyl sites for hydroxylation is 2. The number of likely N-dealkylation sites (N-methyl/N-ethyl adjacent to an activating group) is 1. The molecule has 2 heterocycles. The minimum atomic E-state index is 0.302. The van der Waals surface area contributed by atoms with Crippen LogP contribution in [-0.2, 0) is 19.4 Å². The molecular weight excluding hydrogens is 338 g/mol. The van der Waals surface area contributed by atoms with Crippen LogP contribution in [0.3, 0.4) is 0 Å². The number of hydrogen-bond donors (Lipinski definition) is 1. The van der Waals surface area contributed by atoms with Gasteiger partial charge in [-0.1, -0.05) is 6.07 Å². The molecule has 5 heteroatoms. The lowest BCUT2D eigenvalue weighted by Crippen LogP contribution is -2.47. The highest BCUT2D eigenvalue weighted by Gasteiger charge is 2.34. The predicted molar refractivity (Wildman–Crippen MR) is 108 cm³/mol. The van der Waals surface area contributed by atoms with Crippen LogP contribution >= 0.6 is 0 Å². The molecule has 4 rings (SSSR count). The summed E-state index contributed by atoms with van der Waals surface area (Å²) in [5, 5.41) is 9.94. The molecule has 1 aliphatic carbocycles. The number of aliphatic hydroxyl groups excluding tert-OH is 1. The fourth-order valence-corrected chi connectivity index (χ4v) is 5.15. The van der Waals surface area contributed by atoms with Crippen molar-refractivity contribution in [2.75, 3.05) is 66.6 Å². The Morgan fingerprint density at radius 1 is 1.00 bits per heavy atom. The number of piperazine rings is 1. The van der Waals surface area contributed by atoms with Crippen LogP contribution in [0.4, 0.5) is 0 Å². The highest BCUT2D eigenvalue weighted by Crippen LogP contribution is 2.33. The molecule has 2 atom stereocenters. The van der Waals surface area contributed by atoms with Gasteiger partial charge in [0.25, 0.3) is 0 Å². The summed E-state index contributed by atoms with van der Waals surface area (Å²) in [5.41, 5.74) is 4.30. The number of fused-ring (bicyclic) bond motifs is 1. The minimum absolute atomic E-state index is 0.302. The van der Waals surface area contributed by atoms with E-state index in [-0.39, 0.29) is 0 Å². The van der Waals surface area contributed by atoms with Crippen molar-refractivity contribution in [2.45, 2.75) is 25.8 Å². The maximum atomic E-state index is 9.94. The number of hydrogen-bond acceptors (Lipinski definition) is 5. The summed E-state index contributed by atoms with van der Waals surface area (Å²) in [6.45, 7) is 9.07. The average Bonchev–Trinajstić information content (AvgIpc) is 3.29. The quantitative estimate of drug-likeness (QED) is 0.818. The summed E-state index contributed by atoms with van der Waals surface area (Å²) in [7, 11) is 3.99. The fourth-order valence-electron chi connectivity index (χ4n) is 5.15. The molecule has 0 amide bonds. The van der Waals surface area contributed by atoms with E-state index in [2.05, 4.69) is 33.9 Å². The summed E-state index contributed by atoms with van der Waals surface area (Å²) >= 11 is 0. The smallest absolute Gasteiger partial charge is 0.123 e. The topological polar surface area (TPSA) is 39.2 Å². The van der Waals surface area contributed by atoms with Gasteiger partial charge in [-0.25, -0.2) is 0 Å². The Labute approximate surface area is 163 Å². The van der Waals surface area contributed by atoms with Gasteiger partial charge in [-0.05, 0) is 55.3 Å². The highest BCUT2D eigenvalue weighted by molar-refractivity contribution is 5.44. The summed E-state index contributed by atoms with van der Waals surface area (Å²) in [6, 6.07) is 4.64. The van der Waals surface area contributed by atoms with Crippen molar-refractivity contribution in [1.82, 2.24) is 14.7 Å². The highest BCUT2D eigenvalue weighted by atomic mass is 16.5. The summed E-state index contributed by atoms with van der Waals surface area (Å²) in [6.07, 6.45) is 3.67. The van der Waals surface area contributed by atoms with E-state index < -0.39 is 0 Å². The van der Waals surface area contributed by atoms with Crippen LogP contribution < -0.4 is 4.74 Å². The Morgan fingerprint density at radius 2 is 1.70 bits per heavy atom. The molecule has 2 saturated heterocycles. The molecule has 1 aromatic carbocycles. The van der Waals surface area contributed by atoms with Crippen molar-refractivity contribution in [1.29, 1.82) is 0 Å².